The molecule has 2 N–H and O–H groups in total. The maximum atomic E-state index is 5.66. The number of rotatable bonds is 4. The van der Waals surface area contributed by atoms with Crippen LogP contribution < -0.4 is 5.73 Å². The molecule has 0 heterocycles. The van der Waals surface area contributed by atoms with Crippen molar-refractivity contribution in [1.82, 2.24) is 0 Å². The predicted molar refractivity (Wildman–Crippen MR) is 79.8 cm³/mol. The van der Waals surface area contributed by atoms with Gasteiger partial charge in [0.2, 0.25) is 0 Å². The van der Waals surface area contributed by atoms with E-state index in [1.54, 1.807) is 0 Å². The van der Waals surface area contributed by atoms with Crippen molar-refractivity contribution in [2.75, 3.05) is 0 Å². The second-order valence-electron chi connectivity index (χ2n) is 4.64. The summed E-state index contributed by atoms with van der Waals surface area (Å²) in [5.74, 6) is 1.01. The van der Waals surface area contributed by atoms with Crippen LogP contribution in [-0.2, 0) is 12.3 Å². The molecule has 0 saturated carbocycles. The van der Waals surface area contributed by atoms with Gasteiger partial charge in [-0.05, 0) is 37.1 Å². The maximum Gasteiger partial charge on any atom is 0.0232 e. The summed E-state index contributed by atoms with van der Waals surface area (Å²) in [5, 5.41) is 0. The molecule has 2 rings (SSSR count). The van der Waals surface area contributed by atoms with Gasteiger partial charge in [-0.2, -0.15) is 0 Å². The van der Waals surface area contributed by atoms with Gasteiger partial charge in [0, 0.05) is 17.2 Å². The number of benzene rings is 2. The molecule has 2 aromatic rings. The summed E-state index contributed by atoms with van der Waals surface area (Å²) in [6.45, 7) is 4.91. The second kappa shape index (κ2) is 6.07. The molecule has 18 heavy (non-hydrogen) atoms. The number of nitrogens with two attached hydrogens (primary N) is 1. The Hall–Kier alpha value is -1.25. The fraction of sp³-hybridized carbons (Fsp3) is 0.250. The lowest BCUT2D eigenvalue weighted by Gasteiger charge is -2.06. The van der Waals surface area contributed by atoms with Crippen molar-refractivity contribution in [2.24, 2.45) is 5.73 Å². The quantitative estimate of drug-likeness (QED) is 0.836. The van der Waals surface area contributed by atoms with Gasteiger partial charge in [0.05, 0.1) is 0 Å². The molecular formula is C16H19NS. The molecule has 1 nitrogen and oxygen atoms in total. The Morgan fingerprint density at radius 1 is 0.944 bits per heavy atom. The molecule has 0 aromatic heterocycles. The van der Waals surface area contributed by atoms with Crippen LogP contribution >= 0.6 is 11.8 Å². The zero-order valence-corrected chi connectivity index (χ0v) is 11.8. The second-order valence-corrected chi connectivity index (χ2v) is 5.68. The summed E-state index contributed by atoms with van der Waals surface area (Å²) in [6.07, 6.45) is 0. The van der Waals surface area contributed by atoms with Crippen LogP contribution in [0.4, 0.5) is 0 Å². The first kappa shape index (κ1) is 13.2. The van der Waals surface area contributed by atoms with E-state index in [2.05, 4.69) is 56.3 Å². The largest absolute Gasteiger partial charge is 0.326 e. The molecule has 0 atom stereocenters. The molecule has 0 radical (unpaired) electrons. The third-order valence-electron chi connectivity index (χ3n) is 2.82. The Morgan fingerprint density at radius 3 is 2.33 bits per heavy atom. The summed E-state index contributed by atoms with van der Waals surface area (Å²) in [7, 11) is 0. The van der Waals surface area contributed by atoms with E-state index in [1.165, 1.54) is 27.1 Å². The van der Waals surface area contributed by atoms with Crippen molar-refractivity contribution in [2.45, 2.75) is 31.0 Å². The Labute approximate surface area is 113 Å². The lowest BCUT2D eigenvalue weighted by atomic mass is 10.1. The van der Waals surface area contributed by atoms with Crippen molar-refractivity contribution in [3.63, 3.8) is 0 Å². The van der Waals surface area contributed by atoms with Crippen LogP contribution in [0.25, 0.3) is 0 Å². The zero-order valence-electron chi connectivity index (χ0n) is 10.9. The average molecular weight is 257 g/mol. The highest BCUT2D eigenvalue weighted by Crippen LogP contribution is 2.24. The molecule has 0 aliphatic rings. The fourth-order valence-electron chi connectivity index (χ4n) is 2.08. The summed E-state index contributed by atoms with van der Waals surface area (Å²) in [6, 6.07) is 15.2. The van der Waals surface area contributed by atoms with E-state index in [4.69, 9.17) is 5.73 Å². The van der Waals surface area contributed by atoms with Crippen molar-refractivity contribution in [3.05, 3.63) is 64.7 Å². The van der Waals surface area contributed by atoms with Crippen molar-refractivity contribution in [1.29, 1.82) is 0 Å². The van der Waals surface area contributed by atoms with Gasteiger partial charge in [-0.1, -0.05) is 41.5 Å². The van der Waals surface area contributed by atoms with Crippen LogP contribution in [0.15, 0.2) is 47.4 Å². The Bertz CT molecular complexity index is 514. The molecule has 0 bridgehead atoms. The minimum atomic E-state index is 0.609. The van der Waals surface area contributed by atoms with E-state index >= 15 is 0 Å². The zero-order chi connectivity index (χ0) is 13.0. The van der Waals surface area contributed by atoms with E-state index < -0.39 is 0 Å². The summed E-state index contributed by atoms with van der Waals surface area (Å²) >= 11 is 1.86. The molecule has 0 aliphatic heterocycles. The van der Waals surface area contributed by atoms with Gasteiger partial charge in [-0.3, -0.25) is 0 Å². The molecule has 0 fully saturated rings. The highest BCUT2D eigenvalue weighted by Gasteiger charge is 1.99. The first-order valence-electron chi connectivity index (χ1n) is 6.16. The molecule has 0 spiro atoms. The topological polar surface area (TPSA) is 26.0 Å². The predicted octanol–water partition coefficient (Wildman–Crippen LogP) is 4.05. The van der Waals surface area contributed by atoms with Crippen LogP contribution in [0.3, 0.4) is 0 Å². The van der Waals surface area contributed by atoms with Crippen molar-refractivity contribution >= 4 is 11.8 Å². The van der Waals surface area contributed by atoms with Crippen molar-refractivity contribution in [3.8, 4) is 0 Å². The van der Waals surface area contributed by atoms with E-state index in [9.17, 15) is 0 Å². The highest BCUT2D eigenvalue weighted by atomic mass is 32.2. The Morgan fingerprint density at radius 2 is 1.67 bits per heavy atom. The molecule has 0 aliphatic carbocycles. The molecule has 2 heteroatoms. The summed E-state index contributed by atoms with van der Waals surface area (Å²) in [4.78, 5) is 1.29. The van der Waals surface area contributed by atoms with Gasteiger partial charge >= 0.3 is 0 Å². The number of hydrogen-bond acceptors (Lipinski definition) is 2. The first-order valence-corrected chi connectivity index (χ1v) is 7.15. The van der Waals surface area contributed by atoms with E-state index in [-0.39, 0.29) is 0 Å². The number of thioether (sulfide) groups is 1. The minimum Gasteiger partial charge on any atom is -0.326 e. The van der Waals surface area contributed by atoms with E-state index in [0.29, 0.717) is 6.54 Å². The van der Waals surface area contributed by atoms with Gasteiger partial charge in [0.1, 0.15) is 0 Å². The molecule has 0 amide bonds. The van der Waals surface area contributed by atoms with Gasteiger partial charge in [-0.25, -0.2) is 0 Å². The first-order chi connectivity index (χ1) is 8.67. The van der Waals surface area contributed by atoms with Crippen LogP contribution in [0.2, 0.25) is 0 Å². The van der Waals surface area contributed by atoms with Crippen LogP contribution in [-0.4, -0.2) is 0 Å². The van der Waals surface area contributed by atoms with Crippen molar-refractivity contribution < 1.29 is 0 Å². The fourth-order valence-corrected chi connectivity index (χ4v) is 2.99. The molecule has 0 unspecified atom stereocenters. The molecule has 2 aromatic carbocycles. The smallest absolute Gasteiger partial charge is 0.0232 e. The highest BCUT2D eigenvalue weighted by molar-refractivity contribution is 7.98. The average Bonchev–Trinajstić information content (AvgIpc) is 2.35. The normalized spacial score (nSPS) is 10.6. The van der Waals surface area contributed by atoms with Gasteiger partial charge in [-0.15, -0.1) is 11.8 Å². The van der Waals surface area contributed by atoms with Crippen LogP contribution in [0, 0.1) is 13.8 Å². The third-order valence-corrected chi connectivity index (χ3v) is 3.89. The van der Waals surface area contributed by atoms with Gasteiger partial charge < -0.3 is 5.73 Å². The minimum absolute atomic E-state index is 0.609. The Balaban J connectivity index is 2.06. The van der Waals surface area contributed by atoms with Crippen LogP contribution in [0.1, 0.15) is 22.3 Å². The maximum absolute atomic E-state index is 5.66. The number of aryl methyl sites for hydroxylation is 2. The van der Waals surface area contributed by atoms with Gasteiger partial charge in [0.25, 0.3) is 0 Å². The summed E-state index contributed by atoms with van der Waals surface area (Å²) in [5.41, 5.74) is 10.9. The summed E-state index contributed by atoms with van der Waals surface area (Å²) < 4.78 is 0. The lowest BCUT2D eigenvalue weighted by molar-refractivity contribution is 1.06. The standard InChI is InChI=1S/C16H19NS/c1-12-6-13(2)8-15(7-12)11-18-16-5-3-4-14(9-16)10-17/h3-9H,10-11,17H2,1-2H3. The third kappa shape index (κ3) is 3.62. The van der Waals surface area contributed by atoms with Crippen LogP contribution in [0.5, 0.6) is 0 Å². The monoisotopic (exact) mass is 257 g/mol. The SMILES string of the molecule is Cc1cc(C)cc(CSc2cccc(CN)c2)c1. The lowest BCUT2D eigenvalue weighted by Crippen LogP contribution is -1.95. The molecule has 94 valence electrons. The Kier molecular flexibility index (Phi) is 4.45. The van der Waals surface area contributed by atoms with E-state index in [1.807, 2.05) is 11.8 Å². The molecular weight excluding hydrogens is 238 g/mol. The molecule has 0 saturated heterocycles. The van der Waals surface area contributed by atoms with E-state index in [0.717, 1.165) is 5.75 Å². The van der Waals surface area contributed by atoms with Gasteiger partial charge in [0.15, 0.2) is 0 Å². The number of hydrogen-bond donors (Lipinski definition) is 1.